The average molecular weight is 424 g/mol. The Hall–Kier alpha value is -4.08. The average Bonchev–Trinajstić information content (AvgIpc) is 3.24. The third-order valence-corrected chi connectivity index (χ3v) is 4.52. The van der Waals surface area contributed by atoms with Crippen molar-refractivity contribution in [2.75, 3.05) is 5.32 Å². The highest BCUT2D eigenvalue weighted by Crippen LogP contribution is 2.30. The molecule has 0 fully saturated rings. The van der Waals surface area contributed by atoms with Gasteiger partial charge in [-0.25, -0.2) is 19.6 Å². The van der Waals surface area contributed by atoms with E-state index in [1.165, 1.54) is 6.33 Å². The Morgan fingerprint density at radius 1 is 1.03 bits per heavy atom. The summed E-state index contributed by atoms with van der Waals surface area (Å²) in [4.78, 5) is 24.4. The molecule has 0 radical (unpaired) electrons. The van der Waals surface area contributed by atoms with Crippen molar-refractivity contribution in [3.63, 3.8) is 0 Å². The number of nitrogens with zero attached hydrogens (tertiary/aromatic N) is 5. The lowest BCUT2D eigenvalue weighted by atomic mass is 10.1. The van der Waals surface area contributed by atoms with Crippen LogP contribution in [0.5, 0.6) is 0 Å². The van der Waals surface area contributed by atoms with E-state index < -0.39 is 17.6 Å². The molecule has 0 bridgehead atoms. The van der Waals surface area contributed by atoms with Gasteiger partial charge >= 0.3 is 6.18 Å². The number of aromatic nitrogens is 5. The van der Waals surface area contributed by atoms with E-state index >= 15 is 0 Å². The standard InChI is InChI=1S/C21H15F3N6O/c1-13-2-3-14(20(31)29-19-7-17(4-5-27-19)21(22,23)24)6-18(13)30-11-16(10-28-30)15-8-25-12-26-9-15/h2-12H,1H3,(H,27,29,31). The topological polar surface area (TPSA) is 85.6 Å². The second kappa shape index (κ2) is 7.98. The first-order chi connectivity index (χ1) is 14.8. The first kappa shape index (κ1) is 20.2. The van der Waals surface area contributed by atoms with Gasteiger partial charge in [-0.3, -0.25) is 4.79 Å². The molecule has 1 aromatic carbocycles. The third-order valence-electron chi connectivity index (χ3n) is 4.52. The van der Waals surface area contributed by atoms with Crippen molar-refractivity contribution in [3.05, 3.63) is 84.3 Å². The molecule has 0 unspecified atom stereocenters. The van der Waals surface area contributed by atoms with Crippen molar-refractivity contribution in [1.29, 1.82) is 0 Å². The summed E-state index contributed by atoms with van der Waals surface area (Å²) in [5.41, 5.74) is 2.44. The fourth-order valence-corrected chi connectivity index (χ4v) is 2.91. The van der Waals surface area contributed by atoms with Crippen LogP contribution in [0.3, 0.4) is 0 Å². The van der Waals surface area contributed by atoms with Crippen LogP contribution in [-0.4, -0.2) is 30.6 Å². The summed E-state index contributed by atoms with van der Waals surface area (Å²) < 4.78 is 40.2. The predicted octanol–water partition coefficient (Wildman–Crippen LogP) is 4.30. The summed E-state index contributed by atoms with van der Waals surface area (Å²) >= 11 is 0. The van der Waals surface area contributed by atoms with Crippen molar-refractivity contribution in [3.8, 4) is 16.8 Å². The first-order valence-corrected chi connectivity index (χ1v) is 9.07. The molecule has 156 valence electrons. The molecular formula is C21H15F3N6O. The lowest BCUT2D eigenvalue weighted by Crippen LogP contribution is -2.15. The number of carbonyl (C=O) groups is 1. The second-order valence-electron chi connectivity index (χ2n) is 6.68. The number of alkyl halides is 3. The van der Waals surface area contributed by atoms with Gasteiger partial charge in [-0.2, -0.15) is 18.3 Å². The molecule has 4 aromatic rings. The third kappa shape index (κ3) is 4.42. The molecule has 0 aliphatic rings. The molecule has 7 nitrogen and oxygen atoms in total. The van der Waals surface area contributed by atoms with Crippen molar-refractivity contribution < 1.29 is 18.0 Å². The minimum atomic E-state index is -4.53. The van der Waals surface area contributed by atoms with E-state index in [-0.39, 0.29) is 11.4 Å². The molecule has 31 heavy (non-hydrogen) atoms. The van der Waals surface area contributed by atoms with Gasteiger partial charge in [-0.05, 0) is 36.8 Å². The molecular weight excluding hydrogens is 409 g/mol. The van der Waals surface area contributed by atoms with Gasteiger partial charge in [0.1, 0.15) is 12.1 Å². The van der Waals surface area contributed by atoms with Gasteiger partial charge in [0, 0.05) is 41.5 Å². The van der Waals surface area contributed by atoms with Gasteiger partial charge in [-0.15, -0.1) is 0 Å². The summed E-state index contributed by atoms with van der Waals surface area (Å²) in [6, 6.07) is 6.55. The molecule has 3 aromatic heterocycles. The molecule has 0 aliphatic carbocycles. The molecule has 0 aliphatic heterocycles. The van der Waals surface area contributed by atoms with E-state index in [1.807, 2.05) is 6.92 Å². The fourth-order valence-electron chi connectivity index (χ4n) is 2.91. The first-order valence-electron chi connectivity index (χ1n) is 9.07. The summed E-state index contributed by atoms with van der Waals surface area (Å²) in [7, 11) is 0. The van der Waals surface area contributed by atoms with Crippen molar-refractivity contribution in [2.45, 2.75) is 13.1 Å². The summed E-state index contributed by atoms with van der Waals surface area (Å²) in [5, 5.41) is 6.74. The fraction of sp³-hybridized carbons (Fsp3) is 0.0952. The SMILES string of the molecule is Cc1ccc(C(=O)Nc2cc(C(F)(F)F)ccn2)cc1-n1cc(-c2cncnc2)cn1. The van der Waals surface area contributed by atoms with Crippen LogP contribution >= 0.6 is 0 Å². The number of aryl methyl sites for hydroxylation is 1. The number of amides is 1. The highest BCUT2D eigenvalue weighted by molar-refractivity contribution is 6.04. The molecule has 1 amide bonds. The number of benzene rings is 1. The van der Waals surface area contributed by atoms with E-state index in [2.05, 4.69) is 25.4 Å². The quantitative estimate of drug-likeness (QED) is 0.528. The van der Waals surface area contributed by atoms with Crippen LogP contribution in [0, 0.1) is 6.92 Å². The maximum Gasteiger partial charge on any atom is 0.416 e. The van der Waals surface area contributed by atoms with Gasteiger partial charge in [0.25, 0.3) is 5.91 Å². The van der Waals surface area contributed by atoms with E-state index in [9.17, 15) is 18.0 Å². The number of pyridine rings is 1. The molecule has 0 atom stereocenters. The van der Waals surface area contributed by atoms with Crippen molar-refractivity contribution in [2.24, 2.45) is 0 Å². The van der Waals surface area contributed by atoms with Crippen molar-refractivity contribution in [1.82, 2.24) is 24.7 Å². The number of nitrogens with one attached hydrogen (secondary N) is 1. The summed E-state index contributed by atoms with van der Waals surface area (Å²) in [5.74, 6) is -0.774. The van der Waals surface area contributed by atoms with E-state index in [1.54, 1.807) is 47.7 Å². The van der Waals surface area contributed by atoms with E-state index in [0.717, 1.165) is 35.0 Å². The van der Waals surface area contributed by atoms with Crippen LogP contribution < -0.4 is 5.32 Å². The number of rotatable bonds is 4. The Bertz CT molecular complexity index is 1240. The molecule has 10 heteroatoms. The molecule has 1 N–H and O–H groups in total. The lowest BCUT2D eigenvalue weighted by Gasteiger charge is -2.11. The number of hydrogen-bond donors (Lipinski definition) is 1. The highest BCUT2D eigenvalue weighted by Gasteiger charge is 2.30. The molecule has 0 saturated carbocycles. The smallest absolute Gasteiger partial charge is 0.307 e. The van der Waals surface area contributed by atoms with Crippen molar-refractivity contribution >= 4 is 11.7 Å². The predicted molar refractivity (Wildman–Crippen MR) is 107 cm³/mol. The highest BCUT2D eigenvalue weighted by atomic mass is 19.4. The Labute approximate surface area is 174 Å². The minimum absolute atomic E-state index is 0.188. The Morgan fingerprint density at radius 2 is 1.81 bits per heavy atom. The number of carbonyl (C=O) groups excluding carboxylic acids is 1. The van der Waals surface area contributed by atoms with Crippen LogP contribution in [0.1, 0.15) is 21.5 Å². The maximum absolute atomic E-state index is 12.9. The van der Waals surface area contributed by atoms with Gasteiger partial charge in [-0.1, -0.05) is 6.07 Å². The zero-order valence-corrected chi connectivity index (χ0v) is 16.1. The molecule has 0 spiro atoms. The monoisotopic (exact) mass is 424 g/mol. The lowest BCUT2D eigenvalue weighted by molar-refractivity contribution is -0.137. The minimum Gasteiger partial charge on any atom is -0.307 e. The van der Waals surface area contributed by atoms with Crippen LogP contribution in [0.25, 0.3) is 16.8 Å². The second-order valence-corrected chi connectivity index (χ2v) is 6.68. The number of halogens is 3. The molecule has 3 heterocycles. The number of anilines is 1. The molecule has 4 rings (SSSR count). The Kier molecular flexibility index (Phi) is 5.20. The van der Waals surface area contributed by atoms with Crippen LogP contribution in [-0.2, 0) is 6.18 Å². The van der Waals surface area contributed by atoms with Crippen LogP contribution in [0.2, 0.25) is 0 Å². The summed E-state index contributed by atoms with van der Waals surface area (Å²) in [6.45, 7) is 1.86. The number of hydrogen-bond acceptors (Lipinski definition) is 5. The van der Waals surface area contributed by atoms with Crippen LogP contribution in [0.4, 0.5) is 19.0 Å². The Balaban J connectivity index is 1.60. The zero-order valence-electron chi connectivity index (χ0n) is 16.1. The maximum atomic E-state index is 12.9. The van der Waals surface area contributed by atoms with Gasteiger partial charge in [0.05, 0.1) is 17.4 Å². The summed E-state index contributed by atoms with van der Waals surface area (Å²) in [6.07, 6.45) is 4.65. The Morgan fingerprint density at radius 3 is 2.55 bits per heavy atom. The van der Waals surface area contributed by atoms with Gasteiger partial charge in [0.15, 0.2) is 0 Å². The largest absolute Gasteiger partial charge is 0.416 e. The van der Waals surface area contributed by atoms with E-state index in [0.29, 0.717) is 5.69 Å². The van der Waals surface area contributed by atoms with Gasteiger partial charge < -0.3 is 5.32 Å². The van der Waals surface area contributed by atoms with E-state index in [4.69, 9.17) is 0 Å². The molecule has 0 saturated heterocycles. The normalized spacial score (nSPS) is 11.4. The zero-order chi connectivity index (χ0) is 22.0. The van der Waals surface area contributed by atoms with Gasteiger partial charge in [0.2, 0.25) is 0 Å². The van der Waals surface area contributed by atoms with Crippen LogP contribution in [0.15, 0.2) is 67.6 Å².